The summed E-state index contributed by atoms with van der Waals surface area (Å²) in [6.07, 6.45) is 3.91. The molecule has 142 valence electrons. The van der Waals surface area contributed by atoms with Crippen LogP contribution in [0.5, 0.6) is 0 Å². The second kappa shape index (κ2) is 8.25. The lowest BCUT2D eigenvalue weighted by Gasteiger charge is -2.08. The molecule has 28 heavy (non-hydrogen) atoms. The molecule has 0 fully saturated rings. The van der Waals surface area contributed by atoms with Crippen LogP contribution in [0, 0.1) is 13.8 Å². The standard InChI is InChI=1S/C22H21ClN4S/c1-14-5-10-19(25-13-14)17-8-6-16(7-9-17)4-3-11-24-20-18-12-15(2)28-21(18)27-22(23)26-20/h5-10,12-13H,3-4,11H2,1-2H3,(H,24,26,27). The van der Waals surface area contributed by atoms with E-state index in [1.807, 2.05) is 13.1 Å². The van der Waals surface area contributed by atoms with Crippen molar-refractivity contribution in [2.45, 2.75) is 26.7 Å². The molecule has 0 aliphatic carbocycles. The van der Waals surface area contributed by atoms with Gasteiger partial charge in [0.25, 0.3) is 0 Å². The van der Waals surface area contributed by atoms with Gasteiger partial charge in [0.1, 0.15) is 10.6 Å². The number of rotatable bonds is 6. The number of halogens is 1. The first-order valence-corrected chi connectivity index (χ1v) is 10.5. The van der Waals surface area contributed by atoms with Gasteiger partial charge in [-0.15, -0.1) is 11.3 Å². The summed E-state index contributed by atoms with van der Waals surface area (Å²) in [6.45, 7) is 4.95. The summed E-state index contributed by atoms with van der Waals surface area (Å²) in [5.74, 6) is 0.820. The molecule has 1 aromatic carbocycles. The third kappa shape index (κ3) is 4.32. The zero-order chi connectivity index (χ0) is 19.5. The Bertz CT molecular complexity index is 1090. The van der Waals surface area contributed by atoms with E-state index in [9.17, 15) is 0 Å². The van der Waals surface area contributed by atoms with Gasteiger partial charge in [-0.1, -0.05) is 30.3 Å². The largest absolute Gasteiger partial charge is 0.369 e. The number of hydrogen-bond donors (Lipinski definition) is 1. The Hall–Kier alpha value is -2.50. The molecule has 0 aliphatic rings. The topological polar surface area (TPSA) is 50.7 Å². The lowest BCUT2D eigenvalue weighted by Crippen LogP contribution is -2.05. The molecule has 4 aromatic rings. The van der Waals surface area contributed by atoms with Gasteiger partial charge in [-0.25, -0.2) is 9.97 Å². The molecule has 1 N–H and O–H groups in total. The average Bonchev–Trinajstić information content (AvgIpc) is 3.06. The van der Waals surface area contributed by atoms with E-state index in [1.54, 1.807) is 11.3 Å². The van der Waals surface area contributed by atoms with Gasteiger partial charge in [-0.2, -0.15) is 0 Å². The van der Waals surface area contributed by atoms with Gasteiger partial charge < -0.3 is 5.32 Å². The first-order chi connectivity index (χ1) is 13.6. The molecule has 3 heterocycles. The predicted octanol–water partition coefficient (Wildman–Crippen LogP) is 6.07. The molecule has 3 aromatic heterocycles. The van der Waals surface area contributed by atoms with Crippen LogP contribution in [0.25, 0.3) is 21.5 Å². The van der Waals surface area contributed by atoms with Crippen molar-refractivity contribution < 1.29 is 0 Å². The molecule has 0 atom stereocenters. The van der Waals surface area contributed by atoms with Crippen LogP contribution in [-0.2, 0) is 6.42 Å². The van der Waals surface area contributed by atoms with Crippen LogP contribution in [0.3, 0.4) is 0 Å². The van der Waals surface area contributed by atoms with Crippen molar-refractivity contribution in [3.8, 4) is 11.3 Å². The number of nitrogens with one attached hydrogen (secondary N) is 1. The van der Waals surface area contributed by atoms with Gasteiger partial charge in [-0.05, 0) is 61.5 Å². The lowest BCUT2D eigenvalue weighted by molar-refractivity contribution is 0.860. The molecule has 0 saturated carbocycles. The van der Waals surface area contributed by atoms with E-state index in [4.69, 9.17) is 11.6 Å². The molecular formula is C22H21ClN4S. The van der Waals surface area contributed by atoms with Gasteiger partial charge >= 0.3 is 0 Å². The smallest absolute Gasteiger partial charge is 0.225 e. The van der Waals surface area contributed by atoms with Crippen molar-refractivity contribution in [3.63, 3.8) is 0 Å². The zero-order valence-corrected chi connectivity index (χ0v) is 17.4. The van der Waals surface area contributed by atoms with Crippen molar-refractivity contribution in [3.05, 3.63) is 69.9 Å². The highest BCUT2D eigenvalue weighted by molar-refractivity contribution is 7.18. The number of pyridine rings is 1. The Morgan fingerprint density at radius 1 is 1.04 bits per heavy atom. The summed E-state index contributed by atoms with van der Waals surface area (Å²) in [7, 11) is 0. The minimum atomic E-state index is 0.289. The predicted molar refractivity (Wildman–Crippen MR) is 118 cm³/mol. The Kier molecular flexibility index (Phi) is 5.55. The van der Waals surface area contributed by atoms with Crippen LogP contribution in [0.2, 0.25) is 5.28 Å². The van der Waals surface area contributed by atoms with Crippen molar-refractivity contribution in [2.75, 3.05) is 11.9 Å². The number of fused-ring (bicyclic) bond motifs is 1. The molecule has 0 saturated heterocycles. The number of hydrogen-bond acceptors (Lipinski definition) is 5. The SMILES string of the molecule is Cc1ccc(-c2ccc(CCCNc3nc(Cl)nc4sc(C)cc34)cc2)nc1. The number of aryl methyl sites for hydroxylation is 3. The molecule has 0 radical (unpaired) electrons. The summed E-state index contributed by atoms with van der Waals surface area (Å²) in [6, 6.07) is 14.9. The normalized spacial score (nSPS) is 11.1. The number of aromatic nitrogens is 3. The van der Waals surface area contributed by atoms with Crippen LogP contribution < -0.4 is 5.32 Å². The highest BCUT2D eigenvalue weighted by Gasteiger charge is 2.09. The van der Waals surface area contributed by atoms with Crippen molar-refractivity contribution in [1.29, 1.82) is 0 Å². The van der Waals surface area contributed by atoms with Gasteiger partial charge in [0, 0.05) is 23.2 Å². The highest BCUT2D eigenvalue weighted by atomic mass is 35.5. The van der Waals surface area contributed by atoms with E-state index in [2.05, 4.69) is 69.7 Å². The molecule has 6 heteroatoms. The number of nitrogens with zero attached hydrogens (tertiary/aromatic N) is 3. The third-order valence-corrected chi connectivity index (χ3v) is 5.70. The molecule has 0 bridgehead atoms. The van der Waals surface area contributed by atoms with Crippen molar-refractivity contribution in [2.24, 2.45) is 0 Å². The van der Waals surface area contributed by atoms with Crippen LogP contribution >= 0.6 is 22.9 Å². The molecule has 0 aliphatic heterocycles. The first-order valence-electron chi connectivity index (χ1n) is 9.28. The van der Waals surface area contributed by atoms with E-state index in [-0.39, 0.29) is 5.28 Å². The maximum Gasteiger partial charge on any atom is 0.225 e. The monoisotopic (exact) mass is 408 g/mol. The summed E-state index contributed by atoms with van der Waals surface area (Å²) in [5.41, 5.74) is 4.64. The van der Waals surface area contributed by atoms with Gasteiger partial charge in [0.05, 0.1) is 11.1 Å². The van der Waals surface area contributed by atoms with Crippen molar-refractivity contribution in [1.82, 2.24) is 15.0 Å². The Morgan fingerprint density at radius 3 is 2.61 bits per heavy atom. The van der Waals surface area contributed by atoms with Crippen LogP contribution in [0.15, 0.2) is 48.7 Å². The fraction of sp³-hybridized carbons (Fsp3) is 0.227. The average molecular weight is 409 g/mol. The summed E-state index contributed by atoms with van der Waals surface area (Å²) in [5, 5.41) is 4.75. The fourth-order valence-corrected chi connectivity index (χ4v) is 4.23. The summed E-state index contributed by atoms with van der Waals surface area (Å²) < 4.78 is 0. The van der Waals surface area contributed by atoms with Crippen LogP contribution in [0.4, 0.5) is 5.82 Å². The fourth-order valence-electron chi connectivity index (χ4n) is 3.13. The Morgan fingerprint density at radius 2 is 1.86 bits per heavy atom. The first kappa shape index (κ1) is 18.8. The van der Waals surface area contributed by atoms with E-state index < -0.39 is 0 Å². The number of thiophene rings is 1. The maximum absolute atomic E-state index is 6.06. The molecule has 0 unspecified atom stereocenters. The second-order valence-corrected chi connectivity index (χ2v) is 8.44. The van der Waals surface area contributed by atoms with Gasteiger partial charge in [-0.3, -0.25) is 4.98 Å². The quantitative estimate of drug-likeness (QED) is 0.311. The second-order valence-electron chi connectivity index (χ2n) is 6.87. The zero-order valence-electron chi connectivity index (χ0n) is 15.9. The van der Waals surface area contributed by atoms with E-state index in [0.717, 1.165) is 46.7 Å². The van der Waals surface area contributed by atoms with Gasteiger partial charge in [0.2, 0.25) is 5.28 Å². The minimum absolute atomic E-state index is 0.289. The third-order valence-electron chi connectivity index (χ3n) is 4.58. The van der Waals surface area contributed by atoms with Crippen molar-refractivity contribution >= 4 is 39.0 Å². The van der Waals surface area contributed by atoms with E-state index in [0.29, 0.717) is 0 Å². The molecule has 4 rings (SSSR count). The van der Waals surface area contributed by atoms with E-state index in [1.165, 1.54) is 16.0 Å². The molecular weight excluding hydrogens is 388 g/mol. The summed E-state index contributed by atoms with van der Waals surface area (Å²) in [4.78, 5) is 15.3. The lowest BCUT2D eigenvalue weighted by atomic mass is 10.0. The molecule has 0 amide bonds. The number of benzene rings is 1. The van der Waals surface area contributed by atoms with Crippen LogP contribution in [-0.4, -0.2) is 21.5 Å². The maximum atomic E-state index is 6.06. The molecule has 4 nitrogen and oxygen atoms in total. The van der Waals surface area contributed by atoms with E-state index >= 15 is 0 Å². The highest BCUT2D eigenvalue weighted by Crippen LogP contribution is 2.29. The molecule has 0 spiro atoms. The summed E-state index contributed by atoms with van der Waals surface area (Å²) >= 11 is 7.69. The number of anilines is 1. The minimum Gasteiger partial charge on any atom is -0.369 e. The van der Waals surface area contributed by atoms with Gasteiger partial charge in [0.15, 0.2) is 0 Å². The Balaban J connectivity index is 1.35. The van der Waals surface area contributed by atoms with Crippen LogP contribution in [0.1, 0.15) is 22.4 Å². The Labute approximate surface area is 173 Å².